The Labute approximate surface area is 129 Å². The molecule has 6 nitrogen and oxygen atoms in total. The lowest BCUT2D eigenvalue weighted by atomic mass is 10.1. The van der Waals surface area contributed by atoms with Crippen molar-refractivity contribution >= 4 is 40.9 Å². The summed E-state index contributed by atoms with van der Waals surface area (Å²) in [6, 6.07) is 7.57. The number of thiazole rings is 1. The lowest BCUT2D eigenvalue weighted by Crippen LogP contribution is -2.14. The van der Waals surface area contributed by atoms with E-state index in [4.69, 9.17) is 5.11 Å². The fourth-order valence-electron chi connectivity index (χ4n) is 2.21. The lowest BCUT2D eigenvalue weighted by molar-refractivity contribution is -0.137. The third kappa shape index (κ3) is 2.58. The standard InChI is InChI=1S/C15H12N2O4S/c18-13(19)5-6-17-14(20)12(22-15(17)21)7-9-8-16-11-4-2-1-3-10(9)11/h1-4,7-8,20H,5-6H2,(H,18,19). The maximum Gasteiger partial charge on any atom is 0.310 e. The zero-order valence-electron chi connectivity index (χ0n) is 11.4. The second-order valence-corrected chi connectivity index (χ2v) is 5.72. The van der Waals surface area contributed by atoms with Crippen molar-refractivity contribution in [3.8, 4) is 5.88 Å². The molecule has 0 aliphatic carbocycles. The summed E-state index contributed by atoms with van der Waals surface area (Å²) >= 11 is 0.881. The van der Waals surface area contributed by atoms with Crippen molar-refractivity contribution in [2.24, 2.45) is 4.99 Å². The predicted molar refractivity (Wildman–Crippen MR) is 85.0 cm³/mol. The molecule has 0 amide bonds. The zero-order chi connectivity index (χ0) is 15.7. The molecule has 0 unspecified atom stereocenters. The number of hydrogen-bond donors (Lipinski definition) is 2. The van der Waals surface area contributed by atoms with E-state index in [1.807, 2.05) is 24.3 Å². The van der Waals surface area contributed by atoms with Crippen LogP contribution in [-0.4, -0.2) is 27.0 Å². The van der Waals surface area contributed by atoms with Gasteiger partial charge in [0, 0.05) is 23.9 Å². The summed E-state index contributed by atoms with van der Waals surface area (Å²) in [5.41, 5.74) is 2.57. The number of carboxylic acids is 1. The number of aromatic hydroxyl groups is 1. The third-order valence-corrected chi connectivity index (χ3v) is 4.20. The molecule has 112 valence electrons. The Morgan fingerprint density at radius 1 is 1.36 bits per heavy atom. The monoisotopic (exact) mass is 316 g/mol. The molecule has 0 saturated heterocycles. The predicted octanol–water partition coefficient (Wildman–Crippen LogP) is 2.35. The molecule has 1 aromatic heterocycles. The van der Waals surface area contributed by atoms with Crippen LogP contribution >= 0.6 is 11.3 Å². The van der Waals surface area contributed by atoms with Gasteiger partial charge < -0.3 is 10.2 Å². The van der Waals surface area contributed by atoms with Crippen molar-refractivity contribution < 1.29 is 15.0 Å². The second-order valence-electron chi connectivity index (χ2n) is 4.73. The van der Waals surface area contributed by atoms with Crippen LogP contribution in [0.5, 0.6) is 5.88 Å². The van der Waals surface area contributed by atoms with Crippen LogP contribution < -0.4 is 4.87 Å². The molecule has 0 saturated carbocycles. The molecule has 7 heteroatoms. The van der Waals surface area contributed by atoms with Crippen LogP contribution in [0.4, 0.5) is 5.69 Å². The normalized spacial score (nSPS) is 14.5. The Morgan fingerprint density at radius 2 is 2.14 bits per heavy atom. The summed E-state index contributed by atoms with van der Waals surface area (Å²) in [5, 5.41) is 18.8. The van der Waals surface area contributed by atoms with Gasteiger partial charge in [0.15, 0.2) is 0 Å². The molecular weight excluding hydrogens is 304 g/mol. The first-order chi connectivity index (χ1) is 10.6. The molecule has 0 radical (unpaired) electrons. The SMILES string of the molecule is O=C(O)CCn1c(O)c(C=C2C=Nc3ccccc32)sc1=O. The average Bonchev–Trinajstić information content (AvgIpc) is 3.00. The molecule has 0 spiro atoms. The number of allylic oxidation sites excluding steroid dienone is 1. The van der Waals surface area contributed by atoms with Crippen LogP contribution in [0.15, 0.2) is 34.1 Å². The molecule has 2 N–H and O–H groups in total. The third-order valence-electron chi connectivity index (χ3n) is 3.29. The van der Waals surface area contributed by atoms with Crippen LogP contribution in [-0.2, 0) is 11.3 Å². The van der Waals surface area contributed by atoms with E-state index in [9.17, 15) is 14.7 Å². The summed E-state index contributed by atoms with van der Waals surface area (Å²) in [4.78, 5) is 26.7. The highest BCUT2D eigenvalue weighted by Crippen LogP contribution is 2.34. The van der Waals surface area contributed by atoms with Gasteiger partial charge in [0.2, 0.25) is 5.88 Å². The Hall–Kier alpha value is -2.67. The molecule has 1 aliphatic heterocycles. The number of aromatic nitrogens is 1. The molecule has 1 aliphatic rings. The Kier molecular flexibility index (Phi) is 3.64. The minimum absolute atomic E-state index is 0.0512. The van der Waals surface area contributed by atoms with Gasteiger partial charge in [-0.1, -0.05) is 29.5 Å². The van der Waals surface area contributed by atoms with E-state index in [2.05, 4.69) is 4.99 Å². The summed E-state index contributed by atoms with van der Waals surface area (Å²) in [6.07, 6.45) is 3.15. The summed E-state index contributed by atoms with van der Waals surface area (Å²) in [5.74, 6) is -1.23. The zero-order valence-corrected chi connectivity index (χ0v) is 12.2. The summed E-state index contributed by atoms with van der Waals surface area (Å²) in [7, 11) is 0. The molecule has 2 aromatic rings. The van der Waals surface area contributed by atoms with Crippen molar-refractivity contribution in [2.45, 2.75) is 13.0 Å². The number of benzene rings is 1. The van der Waals surface area contributed by atoms with Crippen molar-refractivity contribution in [2.75, 3.05) is 0 Å². The van der Waals surface area contributed by atoms with Gasteiger partial charge in [0.05, 0.1) is 17.0 Å². The Balaban J connectivity index is 1.96. The van der Waals surface area contributed by atoms with Gasteiger partial charge in [-0.25, -0.2) is 0 Å². The van der Waals surface area contributed by atoms with Crippen LogP contribution in [0.25, 0.3) is 11.6 Å². The van der Waals surface area contributed by atoms with E-state index in [1.165, 1.54) is 0 Å². The number of carboxylic acid groups (broad SMARTS) is 1. The summed E-state index contributed by atoms with van der Waals surface area (Å²) < 4.78 is 1.07. The number of aliphatic imine (C=N–C) groups is 1. The topological polar surface area (TPSA) is 91.9 Å². The largest absolute Gasteiger partial charge is 0.493 e. The molecule has 1 aromatic carbocycles. The molecule has 0 bridgehead atoms. The van der Waals surface area contributed by atoms with Crippen molar-refractivity contribution in [1.29, 1.82) is 0 Å². The molecule has 2 heterocycles. The first-order valence-corrected chi connectivity index (χ1v) is 7.37. The highest BCUT2D eigenvalue weighted by Gasteiger charge is 2.16. The van der Waals surface area contributed by atoms with Gasteiger partial charge in [-0.3, -0.25) is 19.1 Å². The highest BCUT2D eigenvalue weighted by molar-refractivity contribution is 7.10. The maximum atomic E-state index is 11.9. The van der Waals surface area contributed by atoms with E-state index in [0.717, 1.165) is 32.7 Å². The fraction of sp³-hybridized carbons (Fsp3) is 0.133. The van der Waals surface area contributed by atoms with E-state index in [1.54, 1.807) is 12.3 Å². The Bertz CT molecular complexity index is 861. The molecule has 0 fully saturated rings. The van der Waals surface area contributed by atoms with Crippen molar-refractivity contribution in [1.82, 2.24) is 4.57 Å². The number of aliphatic carboxylic acids is 1. The lowest BCUT2D eigenvalue weighted by Gasteiger charge is -2.01. The molecule has 0 atom stereocenters. The number of carbonyl (C=O) groups is 1. The van der Waals surface area contributed by atoms with E-state index in [0.29, 0.717) is 4.88 Å². The maximum absolute atomic E-state index is 11.9. The number of nitrogens with zero attached hydrogens (tertiary/aromatic N) is 2. The van der Waals surface area contributed by atoms with E-state index in [-0.39, 0.29) is 23.7 Å². The summed E-state index contributed by atoms with van der Waals surface area (Å²) in [6.45, 7) is -0.0512. The van der Waals surface area contributed by atoms with Crippen LogP contribution in [0, 0.1) is 0 Å². The van der Waals surface area contributed by atoms with E-state index >= 15 is 0 Å². The van der Waals surface area contributed by atoms with Gasteiger partial charge in [-0.05, 0) is 12.1 Å². The quantitative estimate of drug-likeness (QED) is 0.905. The van der Waals surface area contributed by atoms with Gasteiger partial charge >= 0.3 is 10.8 Å². The minimum atomic E-state index is -1.02. The van der Waals surface area contributed by atoms with Gasteiger partial charge in [-0.15, -0.1) is 0 Å². The fourth-order valence-corrected chi connectivity index (χ4v) is 3.07. The van der Waals surface area contributed by atoms with Gasteiger partial charge in [0.25, 0.3) is 0 Å². The van der Waals surface area contributed by atoms with Crippen LogP contribution in [0.3, 0.4) is 0 Å². The van der Waals surface area contributed by atoms with Gasteiger partial charge in [-0.2, -0.15) is 0 Å². The average molecular weight is 316 g/mol. The van der Waals surface area contributed by atoms with Crippen molar-refractivity contribution in [3.63, 3.8) is 0 Å². The molecule has 22 heavy (non-hydrogen) atoms. The highest BCUT2D eigenvalue weighted by atomic mass is 32.1. The first kappa shape index (κ1) is 14.3. The molecule has 3 rings (SSSR count). The second kappa shape index (κ2) is 5.61. The van der Waals surface area contributed by atoms with E-state index < -0.39 is 5.97 Å². The smallest absolute Gasteiger partial charge is 0.310 e. The van der Waals surface area contributed by atoms with Crippen LogP contribution in [0.2, 0.25) is 0 Å². The molecular formula is C15H12N2O4S. The number of hydrogen-bond acceptors (Lipinski definition) is 5. The van der Waals surface area contributed by atoms with Crippen LogP contribution in [0.1, 0.15) is 16.9 Å². The first-order valence-electron chi connectivity index (χ1n) is 6.56. The number of rotatable bonds is 4. The van der Waals surface area contributed by atoms with Crippen molar-refractivity contribution in [3.05, 3.63) is 44.4 Å². The minimum Gasteiger partial charge on any atom is -0.493 e. The number of fused-ring (bicyclic) bond motifs is 1. The number of para-hydroxylation sites is 1. The Morgan fingerprint density at radius 3 is 2.91 bits per heavy atom. The van der Waals surface area contributed by atoms with Gasteiger partial charge in [0.1, 0.15) is 0 Å².